The summed E-state index contributed by atoms with van der Waals surface area (Å²) in [5, 5.41) is 2.90. The van der Waals surface area contributed by atoms with Crippen molar-refractivity contribution >= 4 is 63.8 Å². The largest absolute Gasteiger partial charge is 0.465 e. The van der Waals surface area contributed by atoms with Gasteiger partial charge in [0, 0.05) is 5.33 Å². The third-order valence-electron chi connectivity index (χ3n) is 7.44. The number of amides is 4. The molecule has 0 unspecified atom stereocenters. The molecule has 0 aromatic heterocycles. The standard InChI is InChI=1S/C18H15NO4.C9H9BrO2.C9H7NO2.2CO2.CH4/c1-11-5-3-4-6-13(11)10-19-16(20)14-8-7-12(18(22)23-2)9-15(14)17(19)21;1-12-9(11)8-5-3-2-4-7(8)6-10;1-5-2-3-6-7(4-5)9(12)10-8(6)11;2*2-1-3;/h3-9H,10H2,1-2H3;2-5H,6H2,1H3;2-4H,1H3,(H,10,11,12);;;1H4. The maximum Gasteiger partial charge on any atom is 0.373 e. The first kappa shape index (κ1) is 45.4. The van der Waals surface area contributed by atoms with Crippen LogP contribution >= 0.6 is 15.9 Å². The molecule has 0 saturated carbocycles. The van der Waals surface area contributed by atoms with E-state index in [1.54, 1.807) is 18.2 Å². The molecule has 2 aliphatic rings. The Labute approximate surface area is 318 Å². The third kappa shape index (κ3) is 11.7. The van der Waals surface area contributed by atoms with E-state index in [4.69, 9.17) is 19.2 Å². The quantitative estimate of drug-likeness (QED) is 0.155. The Morgan fingerprint density at radius 3 is 1.76 bits per heavy atom. The number of carbonyl (C=O) groups is 6. The van der Waals surface area contributed by atoms with Gasteiger partial charge in [0.2, 0.25) is 0 Å². The fourth-order valence-electron chi connectivity index (χ4n) is 4.86. The molecule has 280 valence electrons. The second-order valence-corrected chi connectivity index (χ2v) is 11.2. The van der Waals surface area contributed by atoms with Gasteiger partial charge in [-0.25, -0.2) is 9.59 Å². The molecule has 2 heterocycles. The molecule has 0 atom stereocenters. The Kier molecular flexibility index (Phi) is 18.7. The lowest BCUT2D eigenvalue weighted by molar-refractivity contribution is -0.193. The van der Waals surface area contributed by atoms with Gasteiger partial charge in [0.1, 0.15) is 0 Å². The highest BCUT2D eigenvalue weighted by Gasteiger charge is 2.36. The van der Waals surface area contributed by atoms with Crippen LogP contribution < -0.4 is 5.32 Å². The Hall–Kier alpha value is -6.66. The second kappa shape index (κ2) is 22.3. The Balaban J connectivity index is 0.000000400. The van der Waals surface area contributed by atoms with Crippen LogP contribution in [-0.2, 0) is 40.5 Å². The van der Waals surface area contributed by atoms with Crippen LogP contribution in [0.4, 0.5) is 0 Å². The summed E-state index contributed by atoms with van der Waals surface area (Å²) in [7, 11) is 2.65. The smallest absolute Gasteiger partial charge is 0.373 e. The minimum Gasteiger partial charge on any atom is -0.465 e. The number of ether oxygens (including phenoxy) is 2. The van der Waals surface area contributed by atoms with Gasteiger partial charge in [-0.1, -0.05) is 77.5 Å². The topological polar surface area (TPSA) is 204 Å². The van der Waals surface area contributed by atoms with Gasteiger partial charge in [-0.15, -0.1) is 0 Å². The van der Waals surface area contributed by atoms with Crippen LogP contribution in [0, 0.1) is 13.8 Å². The van der Waals surface area contributed by atoms with Crippen LogP contribution in [0.5, 0.6) is 0 Å². The van der Waals surface area contributed by atoms with E-state index in [1.165, 1.54) is 37.3 Å². The fraction of sp³-hybridized carbons (Fsp3) is 0.179. The van der Waals surface area contributed by atoms with Crippen LogP contribution in [0.2, 0.25) is 0 Å². The normalized spacial score (nSPS) is 11.2. The van der Waals surface area contributed by atoms with Crippen LogP contribution in [0.1, 0.15) is 91.8 Å². The molecule has 0 fully saturated rings. The first-order valence-electron chi connectivity index (χ1n) is 15.1. The molecule has 1 N–H and O–H groups in total. The van der Waals surface area contributed by atoms with Crippen LogP contribution in [0.25, 0.3) is 0 Å². The number of aryl methyl sites for hydroxylation is 2. The lowest BCUT2D eigenvalue weighted by Gasteiger charge is -2.15. The summed E-state index contributed by atoms with van der Waals surface area (Å²) in [5.74, 6) is -2.15. The lowest BCUT2D eigenvalue weighted by Crippen LogP contribution is -2.29. The molecule has 0 spiro atoms. The van der Waals surface area contributed by atoms with Gasteiger partial charge in [0.25, 0.3) is 23.6 Å². The number of nitrogens with zero attached hydrogens (tertiary/aromatic N) is 1. The minimum atomic E-state index is -0.537. The van der Waals surface area contributed by atoms with E-state index in [-0.39, 0.29) is 67.0 Å². The average molecular weight is 804 g/mol. The molecular weight excluding hydrogens is 768 g/mol. The minimum absolute atomic E-state index is 0. The monoisotopic (exact) mass is 802 g/mol. The first-order chi connectivity index (χ1) is 25.3. The van der Waals surface area contributed by atoms with Crippen molar-refractivity contribution in [3.8, 4) is 0 Å². The summed E-state index contributed by atoms with van der Waals surface area (Å²) in [5.41, 5.74) is 6.26. The van der Waals surface area contributed by atoms with Crippen molar-refractivity contribution in [1.29, 1.82) is 0 Å². The number of fused-ring (bicyclic) bond motifs is 2. The molecule has 0 aliphatic carbocycles. The number of nitrogens with one attached hydrogen (secondary N) is 1. The van der Waals surface area contributed by atoms with E-state index in [1.807, 2.05) is 62.4 Å². The van der Waals surface area contributed by atoms with Gasteiger partial charge in [0.15, 0.2) is 0 Å². The predicted molar refractivity (Wildman–Crippen MR) is 193 cm³/mol. The van der Waals surface area contributed by atoms with Crippen LogP contribution in [0.3, 0.4) is 0 Å². The van der Waals surface area contributed by atoms with E-state index in [0.717, 1.165) is 22.3 Å². The van der Waals surface area contributed by atoms with E-state index < -0.39 is 5.97 Å². The van der Waals surface area contributed by atoms with E-state index in [2.05, 4.69) is 30.7 Å². The Bertz CT molecular complexity index is 2090. The van der Waals surface area contributed by atoms with Gasteiger partial charge < -0.3 is 9.47 Å². The molecule has 2 aliphatic heterocycles. The molecule has 4 aromatic rings. The molecule has 4 amide bonds. The van der Waals surface area contributed by atoms with Crippen molar-refractivity contribution in [2.24, 2.45) is 0 Å². The average Bonchev–Trinajstić information content (AvgIpc) is 3.58. The maximum absolute atomic E-state index is 12.5. The molecule has 54 heavy (non-hydrogen) atoms. The molecule has 0 saturated heterocycles. The van der Waals surface area contributed by atoms with Gasteiger partial charge in [0.05, 0.1) is 54.1 Å². The van der Waals surface area contributed by atoms with Crippen LogP contribution in [-0.4, -0.2) is 67.0 Å². The predicted octanol–water partition coefficient (Wildman–Crippen LogP) is 5.29. The number of imide groups is 2. The molecule has 0 radical (unpaired) electrons. The zero-order valence-electron chi connectivity index (χ0n) is 28.7. The van der Waals surface area contributed by atoms with Crippen molar-refractivity contribution in [2.75, 3.05) is 14.2 Å². The highest BCUT2D eigenvalue weighted by atomic mass is 79.9. The lowest BCUT2D eigenvalue weighted by atomic mass is 10.1. The number of esters is 2. The molecular formula is C39H35BrN2O12. The van der Waals surface area contributed by atoms with Gasteiger partial charge in [-0.3, -0.25) is 29.4 Å². The van der Waals surface area contributed by atoms with Crippen LogP contribution in [0.15, 0.2) is 84.9 Å². The number of hydrogen-bond donors (Lipinski definition) is 1. The third-order valence-corrected chi connectivity index (χ3v) is 8.04. The van der Waals surface area contributed by atoms with Crippen molar-refractivity contribution in [3.05, 3.63) is 141 Å². The summed E-state index contributed by atoms with van der Waals surface area (Å²) in [6.45, 7) is 4.03. The zero-order valence-corrected chi connectivity index (χ0v) is 30.3. The Morgan fingerprint density at radius 2 is 1.19 bits per heavy atom. The number of carbonyl (C=O) groups excluding carboxylic acids is 10. The molecule has 14 nitrogen and oxygen atoms in total. The number of benzene rings is 4. The number of halogens is 1. The molecule has 4 aromatic carbocycles. The summed E-state index contributed by atoms with van der Waals surface area (Å²) >= 11 is 3.30. The van der Waals surface area contributed by atoms with E-state index in [0.29, 0.717) is 27.6 Å². The Morgan fingerprint density at radius 1 is 0.667 bits per heavy atom. The van der Waals surface area contributed by atoms with Crippen molar-refractivity contribution in [1.82, 2.24) is 10.2 Å². The number of methoxy groups -OCH3 is 2. The van der Waals surface area contributed by atoms with E-state index in [9.17, 15) is 28.8 Å². The number of hydrogen-bond acceptors (Lipinski definition) is 12. The van der Waals surface area contributed by atoms with Gasteiger partial charge in [-0.05, 0) is 66.9 Å². The van der Waals surface area contributed by atoms with Gasteiger partial charge in [-0.2, -0.15) is 19.2 Å². The summed E-state index contributed by atoms with van der Waals surface area (Å²) in [4.78, 5) is 104. The number of rotatable bonds is 5. The van der Waals surface area contributed by atoms with Crippen molar-refractivity contribution < 1.29 is 57.4 Å². The SMILES string of the molecule is C.COC(=O)c1ccc2c(c1)C(=O)N(Cc1ccccc1C)C2=O.COC(=O)c1ccccc1CBr.Cc1ccc2c(c1)C(=O)NC2=O.O=C=O.O=C=O. The number of alkyl halides is 1. The van der Waals surface area contributed by atoms with Crippen molar-refractivity contribution in [3.63, 3.8) is 0 Å². The van der Waals surface area contributed by atoms with Crippen molar-refractivity contribution in [2.45, 2.75) is 33.1 Å². The maximum atomic E-state index is 12.5. The molecule has 15 heteroatoms. The fourth-order valence-corrected chi connectivity index (χ4v) is 5.35. The molecule has 0 bridgehead atoms. The zero-order chi connectivity index (χ0) is 39.7. The molecule has 6 rings (SSSR count). The second-order valence-electron chi connectivity index (χ2n) is 10.7. The summed E-state index contributed by atoms with van der Waals surface area (Å²) in [6, 6.07) is 24.6. The summed E-state index contributed by atoms with van der Waals surface area (Å²) < 4.78 is 9.27. The first-order valence-corrected chi connectivity index (χ1v) is 16.3. The van der Waals surface area contributed by atoms with Gasteiger partial charge >= 0.3 is 24.2 Å². The van der Waals surface area contributed by atoms with E-state index >= 15 is 0 Å². The highest BCUT2D eigenvalue weighted by molar-refractivity contribution is 9.08. The highest BCUT2D eigenvalue weighted by Crippen LogP contribution is 2.26. The summed E-state index contributed by atoms with van der Waals surface area (Å²) in [6.07, 6.45) is 0.500.